The summed E-state index contributed by atoms with van der Waals surface area (Å²) >= 11 is 0. The van der Waals surface area contributed by atoms with Gasteiger partial charge in [-0.3, -0.25) is 0 Å². The molecular formula is C17H26F3NO. The van der Waals surface area contributed by atoms with Crippen molar-refractivity contribution in [1.82, 2.24) is 0 Å². The lowest BCUT2D eigenvalue weighted by Crippen LogP contribution is -2.19. The number of hydrogen-bond acceptors (Lipinski definition) is 2. The molecule has 1 aromatic rings. The summed E-state index contributed by atoms with van der Waals surface area (Å²) in [6, 6.07) is 3.84. The monoisotopic (exact) mass is 317 g/mol. The van der Waals surface area contributed by atoms with E-state index in [1.54, 1.807) is 0 Å². The lowest BCUT2D eigenvalue weighted by Gasteiger charge is -2.15. The molecule has 0 heterocycles. The summed E-state index contributed by atoms with van der Waals surface area (Å²) in [6.07, 6.45) is 0.610. The van der Waals surface area contributed by atoms with Crippen LogP contribution in [0.25, 0.3) is 0 Å². The van der Waals surface area contributed by atoms with Crippen LogP contribution in [-0.4, -0.2) is 12.6 Å². The van der Waals surface area contributed by atoms with Gasteiger partial charge in [-0.2, -0.15) is 13.2 Å². The molecule has 1 atom stereocenters. The normalized spacial score (nSPS) is 13.2. The zero-order valence-corrected chi connectivity index (χ0v) is 13.4. The summed E-state index contributed by atoms with van der Waals surface area (Å²) in [5.74, 6) is 0.555. The van der Waals surface area contributed by atoms with E-state index in [0.717, 1.165) is 38.2 Å². The lowest BCUT2D eigenvalue weighted by molar-refractivity contribution is -0.137. The number of rotatable bonds is 9. The molecule has 1 unspecified atom stereocenters. The predicted octanol–water partition coefficient (Wildman–Crippen LogP) is 4.94. The maximum absolute atomic E-state index is 12.8. The SMILES string of the molecule is CCCOc1ccc(C(F)(F)F)cc1CCCC(N)CCC. The largest absolute Gasteiger partial charge is 0.493 e. The third kappa shape index (κ3) is 6.26. The zero-order chi connectivity index (χ0) is 16.6. The van der Waals surface area contributed by atoms with Gasteiger partial charge in [0.05, 0.1) is 12.2 Å². The van der Waals surface area contributed by atoms with Gasteiger partial charge in [-0.25, -0.2) is 0 Å². The van der Waals surface area contributed by atoms with Crippen molar-refractivity contribution >= 4 is 0 Å². The molecule has 0 saturated carbocycles. The Bertz CT molecular complexity index is 446. The van der Waals surface area contributed by atoms with Crippen LogP contribution < -0.4 is 10.5 Å². The maximum Gasteiger partial charge on any atom is 0.416 e. The highest BCUT2D eigenvalue weighted by molar-refractivity contribution is 5.38. The lowest BCUT2D eigenvalue weighted by atomic mass is 10.00. The summed E-state index contributed by atoms with van der Waals surface area (Å²) in [4.78, 5) is 0. The molecule has 0 saturated heterocycles. The first-order valence-corrected chi connectivity index (χ1v) is 7.97. The first kappa shape index (κ1) is 18.8. The van der Waals surface area contributed by atoms with E-state index in [2.05, 4.69) is 6.92 Å². The van der Waals surface area contributed by atoms with Crippen LogP contribution in [0.5, 0.6) is 5.75 Å². The minimum Gasteiger partial charge on any atom is -0.493 e. The zero-order valence-electron chi connectivity index (χ0n) is 13.4. The average molecular weight is 317 g/mol. The van der Waals surface area contributed by atoms with Gasteiger partial charge in [-0.05, 0) is 55.9 Å². The molecular weight excluding hydrogens is 291 g/mol. The Hall–Kier alpha value is -1.23. The molecule has 0 amide bonds. The molecule has 0 bridgehead atoms. The molecule has 0 spiro atoms. The van der Waals surface area contributed by atoms with E-state index in [1.807, 2.05) is 6.92 Å². The molecule has 2 N–H and O–H groups in total. The number of alkyl halides is 3. The van der Waals surface area contributed by atoms with Gasteiger partial charge >= 0.3 is 6.18 Å². The van der Waals surface area contributed by atoms with Gasteiger partial charge in [-0.1, -0.05) is 20.3 Å². The van der Waals surface area contributed by atoms with Crippen molar-refractivity contribution in [2.45, 2.75) is 64.6 Å². The topological polar surface area (TPSA) is 35.2 Å². The molecule has 0 aliphatic rings. The maximum atomic E-state index is 12.8. The van der Waals surface area contributed by atoms with Crippen molar-refractivity contribution in [3.63, 3.8) is 0 Å². The van der Waals surface area contributed by atoms with Gasteiger partial charge in [0.1, 0.15) is 5.75 Å². The molecule has 1 aromatic carbocycles. The van der Waals surface area contributed by atoms with E-state index < -0.39 is 11.7 Å². The first-order chi connectivity index (χ1) is 10.4. The van der Waals surface area contributed by atoms with Gasteiger partial charge < -0.3 is 10.5 Å². The fourth-order valence-electron chi connectivity index (χ4n) is 2.37. The fraction of sp³-hybridized carbons (Fsp3) is 0.647. The second kappa shape index (κ2) is 9.03. The summed E-state index contributed by atoms with van der Waals surface area (Å²) in [5.41, 5.74) is 5.95. The quantitative estimate of drug-likeness (QED) is 0.700. The van der Waals surface area contributed by atoms with Crippen LogP contribution in [0, 0.1) is 0 Å². The standard InChI is InChI=1S/C17H26F3NO/c1-3-6-15(21)8-5-7-13-12-14(17(18,19)20)9-10-16(13)22-11-4-2/h9-10,12,15H,3-8,11,21H2,1-2H3. The van der Waals surface area contributed by atoms with Gasteiger partial charge in [0, 0.05) is 6.04 Å². The highest BCUT2D eigenvalue weighted by atomic mass is 19.4. The van der Waals surface area contributed by atoms with Crippen LogP contribution in [0.2, 0.25) is 0 Å². The molecule has 0 radical (unpaired) electrons. The first-order valence-electron chi connectivity index (χ1n) is 7.97. The molecule has 0 aromatic heterocycles. The van der Waals surface area contributed by atoms with Crippen LogP contribution in [0.4, 0.5) is 13.2 Å². The van der Waals surface area contributed by atoms with Crippen LogP contribution in [0.3, 0.4) is 0 Å². The van der Waals surface area contributed by atoms with Crippen molar-refractivity contribution in [2.24, 2.45) is 5.73 Å². The van der Waals surface area contributed by atoms with Gasteiger partial charge in [0.15, 0.2) is 0 Å². The number of halogens is 3. The highest BCUT2D eigenvalue weighted by Gasteiger charge is 2.31. The number of ether oxygens (including phenoxy) is 1. The molecule has 0 aliphatic heterocycles. The average Bonchev–Trinajstić information content (AvgIpc) is 2.45. The highest BCUT2D eigenvalue weighted by Crippen LogP contribution is 2.33. The number of benzene rings is 1. The van der Waals surface area contributed by atoms with Crippen LogP contribution in [0.1, 0.15) is 57.1 Å². The molecule has 5 heteroatoms. The Kier molecular flexibility index (Phi) is 7.73. The molecule has 0 fully saturated rings. The Labute approximate surface area is 130 Å². The summed E-state index contributed by atoms with van der Waals surface area (Å²) in [6.45, 7) is 4.55. The smallest absolute Gasteiger partial charge is 0.416 e. The third-order valence-corrected chi connectivity index (χ3v) is 3.53. The Morgan fingerprint density at radius 1 is 1.14 bits per heavy atom. The number of nitrogens with two attached hydrogens (primary N) is 1. The van der Waals surface area contributed by atoms with E-state index in [-0.39, 0.29) is 6.04 Å². The summed E-state index contributed by atoms with van der Waals surface area (Å²) < 4.78 is 44.1. The Morgan fingerprint density at radius 2 is 1.86 bits per heavy atom. The van der Waals surface area contributed by atoms with Crippen LogP contribution >= 0.6 is 0 Å². The van der Waals surface area contributed by atoms with Crippen molar-refractivity contribution in [3.05, 3.63) is 29.3 Å². The van der Waals surface area contributed by atoms with Gasteiger partial charge in [0.25, 0.3) is 0 Å². The van der Waals surface area contributed by atoms with E-state index in [9.17, 15) is 13.2 Å². The summed E-state index contributed by atoms with van der Waals surface area (Å²) in [7, 11) is 0. The number of hydrogen-bond donors (Lipinski definition) is 1. The molecule has 1 rings (SSSR count). The van der Waals surface area contributed by atoms with E-state index >= 15 is 0 Å². The minimum absolute atomic E-state index is 0.121. The second-order valence-corrected chi connectivity index (χ2v) is 5.61. The van der Waals surface area contributed by atoms with Crippen molar-refractivity contribution in [2.75, 3.05) is 6.61 Å². The van der Waals surface area contributed by atoms with Crippen LogP contribution in [-0.2, 0) is 12.6 Å². The molecule has 126 valence electrons. The Balaban J connectivity index is 2.78. The molecule has 2 nitrogen and oxygen atoms in total. The van der Waals surface area contributed by atoms with Crippen molar-refractivity contribution in [3.8, 4) is 5.75 Å². The van der Waals surface area contributed by atoms with E-state index in [0.29, 0.717) is 24.3 Å². The van der Waals surface area contributed by atoms with Crippen molar-refractivity contribution in [1.29, 1.82) is 0 Å². The molecule has 22 heavy (non-hydrogen) atoms. The minimum atomic E-state index is -4.32. The van der Waals surface area contributed by atoms with Gasteiger partial charge in [-0.15, -0.1) is 0 Å². The molecule has 0 aliphatic carbocycles. The summed E-state index contributed by atoms with van der Waals surface area (Å²) in [5, 5.41) is 0. The number of aryl methyl sites for hydroxylation is 1. The van der Waals surface area contributed by atoms with E-state index in [4.69, 9.17) is 10.5 Å². The van der Waals surface area contributed by atoms with Crippen LogP contribution in [0.15, 0.2) is 18.2 Å². The third-order valence-electron chi connectivity index (χ3n) is 3.53. The fourth-order valence-corrected chi connectivity index (χ4v) is 2.37. The predicted molar refractivity (Wildman–Crippen MR) is 83.1 cm³/mol. The Morgan fingerprint density at radius 3 is 2.45 bits per heavy atom. The van der Waals surface area contributed by atoms with Crippen molar-refractivity contribution < 1.29 is 17.9 Å². The van der Waals surface area contributed by atoms with Gasteiger partial charge in [0.2, 0.25) is 0 Å². The van der Waals surface area contributed by atoms with E-state index in [1.165, 1.54) is 12.1 Å². The second-order valence-electron chi connectivity index (χ2n) is 5.61.